The Morgan fingerprint density at radius 3 is 2.88 bits per heavy atom. The maximum absolute atomic E-state index is 12.2. The molecule has 126 valence electrons. The lowest BCUT2D eigenvalue weighted by atomic mass is 10.2. The van der Waals surface area contributed by atoms with Crippen LogP contribution in [0.4, 0.5) is 5.69 Å². The highest BCUT2D eigenvalue weighted by Gasteiger charge is 2.07. The second-order valence-corrected chi connectivity index (χ2v) is 5.57. The van der Waals surface area contributed by atoms with Crippen molar-refractivity contribution in [2.24, 2.45) is 7.05 Å². The van der Waals surface area contributed by atoms with Crippen LogP contribution >= 0.6 is 0 Å². The minimum absolute atomic E-state index is 0.142. The van der Waals surface area contributed by atoms with Crippen LogP contribution in [0, 0.1) is 0 Å². The van der Waals surface area contributed by atoms with Crippen LogP contribution in [0.25, 0.3) is 17.0 Å². The number of fused-ring (bicyclic) bond motifs is 1. The standard InChI is InChI=1S/C16H16N8O/c1-22-15(18-20-21-22)12-5-4-6-13(11-12)17-8-10-24-16(25)23-9-3-2-7-14(23)19-24/h2-7,9,11,17H,8,10H2,1H3. The van der Waals surface area contributed by atoms with Crippen molar-refractivity contribution in [2.75, 3.05) is 11.9 Å². The Kier molecular flexibility index (Phi) is 3.73. The van der Waals surface area contributed by atoms with Gasteiger partial charge in [-0.25, -0.2) is 14.2 Å². The van der Waals surface area contributed by atoms with E-state index in [1.807, 2.05) is 42.5 Å². The van der Waals surface area contributed by atoms with Gasteiger partial charge >= 0.3 is 5.69 Å². The lowest BCUT2D eigenvalue weighted by Gasteiger charge is -2.07. The summed E-state index contributed by atoms with van der Waals surface area (Å²) in [5, 5.41) is 19.1. The van der Waals surface area contributed by atoms with Gasteiger partial charge in [0.05, 0.1) is 6.54 Å². The van der Waals surface area contributed by atoms with Gasteiger partial charge in [0.15, 0.2) is 11.5 Å². The van der Waals surface area contributed by atoms with E-state index < -0.39 is 0 Å². The van der Waals surface area contributed by atoms with Gasteiger partial charge in [0, 0.05) is 31.0 Å². The molecule has 3 heterocycles. The summed E-state index contributed by atoms with van der Waals surface area (Å²) in [7, 11) is 1.80. The summed E-state index contributed by atoms with van der Waals surface area (Å²) in [4.78, 5) is 12.2. The van der Waals surface area contributed by atoms with Gasteiger partial charge in [0.2, 0.25) is 0 Å². The van der Waals surface area contributed by atoms with E-state index in [0.29, 0.717) is 24.6 Å². The van der Waals surface area contributed by atoms with Gasteiger partial charge in [-0.05, 0) is 34.7 Å². The van der Waals surface area contributed by atoms with Crippen LogP contribution in [0.15, 0.2) is 53.5 Å². The average Bonchev–Trinajstić information content (AvgIpc) is 3.20. The number of hydrogen-bond donors (Lipinski definition) is 1. The van der Waals surface area contributed by atoms with Crippen LogP contribution in [-0.2, 0) is 13.6 Å². The van der Waals surface area contributed by atoms with Gasteiger partial charge in [-0.2, -0.15) is 0 Å². The molecule has 0 fully saturated rings. The van der Waals surface area contributed by atoms with Crippen LogP contribution < -0.4 is 11.0 Å². The molecule has 0 amide bonds. The van der Waals surface area contributed by atoms with E-state index in [4.69, 9.17) is 0 Å². The summed E-state index contributed by atoms with van der Waals surface area (Å²) in [6.07, 6.45) is 1.72. The maximum atomic E-state index is 12.2. The zero-order valence-corrected chi connectivity index (χ0v) is 13.6. The van der Waals surface area contributed by atoms with E-state index in [9.17, 15) is 4.79 Å². The summed E-state index contributed by atoms with van der Waals surface area (Å²) in [5.74, 6) is 0.695. The molecular formula is C16H16N8O. The Hall–Kier alpha value is -3.49. The highest BCUT2D eigenvalue weighted by atomic mass is 16.2. The van der Waals surface area contributed by atoms with Gasteiger partial charge in [0.1, 0.15) is 0 Å². The number of nitrogens with one attached hydrogen (secondary N) is 1. The molecule has 0 spiro atoms. The lowest BCUT2D eigenvalue weighted by molar-refractivity contribution is 0.614. The fourth-order valence-corrected chi connectivity index (χ4v) is 2.66. The molecule has 9 heteroatoms. The minimum atomic E-state index is -0.142. The van der Waals surface area contributed by atoms with Crippen molar-refractivity contribution in [3.05, 3.63) is 59.1 Å². The van der Waals surface area contributed by atoms with E-state index in [2.05, 4.69) is 25.9 Å². The second-order valence-electron chi connectivity index (χ2n) is 5.57. The first-order chi connectivity index (χ1) is 12.2. The predicted octanol–water partition coefficient (Wildman–Crippen LogP) is 0.799. The SMILES string of the molecule is Cn1nnnc1-c1cccc(NCCn2nc3ccccn3c2=O)c1. The fourth-order valence-electron chi connectivity index (χ4n) is 2.66. The number of pyridine rings is 1. The molecule has 0 unspecified atom stereocenters. The Labute approximate surface area is 142 Å². The molecule has 0 bridgehead atoms. The Morgan fingerprint density at radius 2 is 2.08 bits per heavy atom. The van der Waals surface area contributed by atoms with Crippen molar-refractivity contribution in [3.63, 3.8) is 0 Å². The minimum Gasteiger partial charge on any atom is -0.383 e. The zero-order valence-electron chi connectivity index (χ0n) is 13.6. The molecule has 0 saturated carbocycles. The molecule has 0 aliphatic rings. The largest absolute Gasteiger partial charge is 0.383 e. The Balaban J connectivity index is 1.47. The first kappa shape index (κ1) is 15.1. The van der Waals surface area contributed by atoms with Crippen molar-refractivity contribution in [3.8, 4) is 11.4 Å². The highest BCUT2D eigenvalue weighted by Crippen LogP contribution is 2.19. The number of nitrogens with zero attached hydrogens (tertiary/aromatic N) is 7. The molecule has 4 aromatic rings. The van der Waals surface area contributed by atoms with E-state index in [1.54, 1.807) is 17.9 Å². The summed E-state index contributed by atoms with van der Waals surface area (Å²) in [6, 6.07) is 13.3. The first-order valence-corrected chi connectivity index (χ1v) is 7.83. The maximum Gasteiger partial charge on any atom is 0.350 e. The molecule has 0 aliphatic carbocycles. The van der Waals surface area contributed by atoms with Crippen molar-refractivity contribution in [1.82, 2.24) is 34.4 Å². The number of anilines is 1. The Bertz CT molecular complexity index is 1080. The zero-order chi connectivity index (χ0) is 17.2. The number of rotatable bonds is 5. The summed E-state index contributed by atoms with van der Waals surface area (Å²) in [6.45, 7) is 1.04. The van der Waals surface area contributed by atoms with Crippen molar-refractivity contribution >= 4 is 11.3 Å². The third kappa shape index (κ3) is 2.87. The summed E-state index contributed by atoms with van der Waals surface area (Å²) < 4.78 is 4.61. The van der Waals surface area contributed by atoms with E-state index in [-0.39, 0.29) is 5.69 Å². The summed E-state index contributed by atoms with van der Waals surface area (Å²) in [5.41, 5.74) is 2.35. The van der Waals surface area contributed by atoms with Crippen molar-refractivity contribution in [1.29, 1.82) is 0 Å². The fraction of sp³-hybridized carbons (Fsp3) is 0.188. The van der Waals surface area contributed by atoms with Crippen LogP contribution in [0.5, 0.6) is 0 Å². The molecule has 1 aromatic carbocycles. The van der Waals surface area contributed by atoms with Gasteiger partial charge in [0.25, 0.3) is 0 Å². The molecule has 0 radical (unpaired) electrons. The van der Waals surface area contributed by atoms with Crippen LogP contribution in [0.2, 0.25) is 0 Å². The van der Waals surface area contributed by atoms with Crippen LogP contribution in [0.3, 0.4) is 0 Å². The normalized spacial score (nSPS) is 11.1. The van der Waals surface area contributed by atoms with Gasteiger partial charge in [-0.1, -0.05) is 18.2 Å². The number of aryl methyl sites for hydroxylation is 1. The van der Waals surface area contributed by atoms with Gasteiger partial charge in [-0.3, -0.25) is 4.40 Å². The van der Waals surface area contributed by atoms with Crippen LogP contribution in [0.1, 0.15) is 0 Å². The third-order valence-electron chi connectivity index (χ3n) is 3.88. The molecule has 3 aromatic heterocycles. The molecule has 0 saturated heterocycles. The molecular weight excluding hydrogens is 320 g/mol. The topological polar surface area (TPSA) is 94.9 Å². The molecule has 25 heavy (non-hydrogen) atoms. The van der Waals surface area contributed by atoms with Crippen LogP contribution in [-0.4, -0.2) is 40.9 Å². The average molecular weight is 336 g/mol. The van der Waals surface area contributed by atoms with E-state index in [1.165, 1.54) is 9.08 Å². The quantitative estimate of drug-likeness (QED) is 0.579. The highest BCUT2D eigenvalue weighted by molar-refractivity contribution is 5.62. The molecule has 1 N–H and O–H groups in total. The van der Waals surface area contributed by atoms with Crippen molar-refractivity contribution < 1.29 is 0 Å². The molecule has 0 aliphatic heterocycles. The van der Waals surface area contributed by atoms with E-state index in [0.717, 1.165) is 11.3 Å². The van der Waals surface area contributed by atoms with Gasteiger partial charge in [-0.15, -0.1) is 10.2 Å². The molecule has 0 atom stereocenters. The second kappa shape index (κ2) is 6.19. The monoisotopic (exact) mass is 336 g/mol. The third-order valence-corrected chi connectivity index (χ3v) is 3.88. The predicted molar refractivity (Wildman–Crippen MR) is 92.2 cm³/mol. The van der Waals surface area contributed by atoms with Gasteiger partial charge < -0.3 is 5.32 Å². The van der Waals surface area contributed by atoms with E-state index >= 15 is 0 Å². The first-order valence-electron chi connectivity index (χ1n) is 7.83. The van der Waals surface area contributed by atoms with Crippen molar-refractivity contribution in [2.45, 2.75) is 6.54 Å². The number of tetrazole rings is 1. The summed E-state index contributed by atoms with van der Waals surface area (Å²) >= 11 is 0. The number of benzene rings is 1. The smallest absolute Gasteiger partial charge is 0.350 e. The lowest BCUT2D eigenvalue weighted by Crippen LogP contribution is -2.24. The Morgan fingerprint density at radius 1 is 1.16 bits per heavy atom. The number of aromatic nitrogens is 7. The number of hydrogen-bond acceptors (Lipinski definition) is 6. The molecule has 9 nitrogen and oxygen atoms in total. The molecule has 4 rings (SSSR count).